The van der Waals surface area contributed by atoms with Crippen LogP contribution in [0.2, 0.25) is 0 Å². The fraction of sp³-hybridized carbons (Fsp3) is 0.368. The molecule has 0 fully saturated rings. The quantitative estimate of drug-likeness (QED) is 0.688. The summed E-state index contributed by atoms with van der Waals surface area (Å²) in [7, 11) is 0. The Labute approximate surface area is 141 Å². The Kier molecular flexibility index (Phi) is 4.69. The van der Waals surface area contributed by atoms with Crippen molar-refractivity contribution in [3.8, 4) is 5.75 Å². The molecule has 0 radical (unpaired) electrons. The van der Waals surface area contributed by atoms with Gasteiger partial charge < -0.3 is 14.5 Å². The van der Waals surface area contributed by atoms with Gasteiger partial charge in [-0.15, -0.1) is 0 Å². The third-order valence-electron chi connectivity index (χ3n) is 4.01. The van der Waals surface area contributed by atoms with Crippen molar-refractivity contribution in [3.05, 3.63) is 35.7 Å². The minimum absolute atomic E-state index is 0.334. The normalized spacial score (nSPS) is 11.1. The minimum atomic E-state index is -0.377. The first-order chi connectivity index (χ1) is 11.7. The second-order valence-corrected chi connectivity index (χ2v) is 5.60. The van der Waals surface area contributed by atoms with Crippen LogP contribution < -0.4 is 4.74 Å². The van der Waals surface area contributed by atoms with Gasteiger partial charge in [-0.25, -0.2) is 9.78 Å². The molecular formula is C19H22N2O3. The van der Waals surface area contributed by atoms with Gasteiger partial charge in [-0.1, -0.05) is 19.9 Å². The first kappa shape index (κ1) is 16.3. The Morgan fingerprint density at radius 2 is 2.00 bits per heavy atom. The van der Waals surface area contributed by atoms with Crippen molar-refractivity contribution in [2.45, 2.75) is 33.6 Å². The lowest BCUT2D eigenvalue weighted by molar-refractivity contribution is 0.0518. The van der Waals surface area contributed by atoms with Crippen LogP contribution in [0.15, 0.2) is 24.4 Å². The first-order valence-electron chi connectivity index (χ1n) is 8.43. The molecule has 0 aliphatic rings. The smallest absolute Gasteiger partial charge is 0.357 e. The van der Waals surface area contributed by atoms with Crippen LogP contribution in [0.25, 0.3) is 21.8 Å². The molecule has 3 rings (SSSR count). The fourth-order valence-electron chi connectivity index (χ4n) is 3.02. The molecule has 2 aromatic heterocycles. The highest BCUT2D eigenvalue weighted by molar-refractivity contribution is 6.13. The lowest BCUT2D eigenvalue weighted by Gasteiger charge is -2.10. The Morgan fingerprint density at radius 1 is 1.17 bits per heavy atom. The Balaban J connectivity index is 2.29. The number of nitrogens with zero attached hydrogens (tertiary/aromatic N) is 1. The van der Waals surface area contributed by atoms with E-state index in [2.05, 4.69) is 16.9 Å². The summed E-state index contributed by atoms with van der Waals surface area (Å²) in [6.07, 6.45) is 3.33. The zero-order chi connectivity index (χ0) is 17.1. The molecule has 0 amide bonds. The largest absolute Gasteiger partial charge is 0.493 e. The number of hydrogen-bond donors (Lipinski definition) is 1. The van der Waals surface area contributed by atoms with Crippen molar-refractivity contribution in [1.82, 2.24) is 9.97 Å². The molecule has 0 aliphatic carbocycles. The van der Waals surface area contributed by atoms with E-state index in [4.69, 9.17) is 9.47 Å². The molecule has 126 valence electrons. The van der Waals surface area contributed by atoms with Gasteiger partial charge in [-0.05, 0) is 37.5 Å². The summed E-state index contributed by atoms with van der Waals surface area (Å²) >= 11 is 0. The van der Waals surface area contributed by atoms with Gasteiger partial charge in [-0.2, -0.15) is 0 Å². The molecule has 5 nitrogen and oxygen atoms in total. The number of pyridine rings is 1. The highest BCUT2D eigenvalue weighted by Gasteiger charge is 2.20. The molecule has 1 aromatic carbocycles. The highest BCUT2D eigenvalue weighted by Crippen LogP contribution is 2.36. The molecule has 0 spiro atoms. The molecule has 1 N–H and O–H groups in total. The standard InChI is InChI=1S/C19H22N2O3/c1-4-10-24-15-9-7-8-13-17(15)16-12(5-2)18(19(22)23-6-3)20-11-14(16)21-13/h7-9,11,21H,4-6,10H2,1-3H3. The van der Waals surface area contributed by atoms with Crippen LogP contribution in [0.3, 0.4) is 0 Å². The van der Waals surface area contributed by atoms with E-state index >= 15 is 0 Å². The maximum absolute atomic E-state index is 12.3. The Hall–Kier alpha value is -2.56. The van der Waals surface area contributed by atoms with E-state index in [0.717, 1.165) is 39.5 Å². The maximum atomic E-state index is 12.3. The predicted octanol–water partition coefficient (Wildman–Crippen LogP) is 4.24. The van der Waals surface area contributed by atoms with E-state index in [9.17, 15) is 4.79 Å². The Bertz CT molecular complexity index is 883. The molecule has 0 atom stereocenters. The van der Waals surface area contributed by atoms with Gasteiger partial charge in [0.05, 0.1) is 30.4 Å². The average Bonchev–Trinajstić information content (AvgIpc) is 2.98. The molecule has 3 aromatic rings. The SMILES string of the molecule is CCCOc1cccc2[nH]c3cnc(C(=O)OCC)c(CC)c3c12. The third kappa shape index (κ3) is 2.70. The monoisotopic (exact) mass is 326 g/mol. The van der Waals surface area contributed by atoms with E-state index < -0.39 is 0 Å². The van der Waals surface area contributed by atoms with Crippen LogP contribution in [0.4, 0.5) is 0 Å². The van der Waals surface area contributed by atoms with Crippen molar-refractivity contribution in [2.75, 3.05) is 13.2 Å². The van der Waals surface area contributed by atoms with Crippen LogP contribution in [0.1, 0.15) is 43.2 Å². The van der Waals surface area contributed by atoms with Gasteiger partial charge in [0.2, 0.25) is 0 Å². The number of fused-ring (bicyclic) bond motifs is 3. The molecule has 0 bridgehead atoms. The van der Waals surface area contributed by atoms with Gasteiger partial charge in [0.15, 0.2) is 5.69 Å². The number of rotatable bonds is 6. The average molecular weight is 326 g/mol. The van der Waals surface area contributed by atoms with Crippen molar-refractivity contribution >= 4 is 27.8 Å². The number of carbonyl (C=O) groups excluding carboxylic acids is 1. The number of benzene rings is 1. The molecule has 0 saturated carbocycles. The number of nitrogens with one attached hydrogen (secondary N) is 1. The number of carbonyl (C=O) groups is 1. The van der Waals surface area contributed by atoms with E-state index in [-0.39, 0.29) is 5.97 Å². The number of H-pyrrole nitrogens is 1. The van der Waals surface area contributed by atoms with Crippen molar-refractivity contribution in [3.63, 3.8) is 0 Å². The summed E-state index contributed by atoms with van der Waals surface area (Å²) in [6, 6.07) is 5.95. The van der Waals surface area contributed by atoms with E-state index in [0.29, 0.717) is 25.3 Å². The second kappa shape index (κ2) is 6.91. The van der Waals surface area contributed by atoms with Crippen LogP contribution in [-0.4, -0.2) is 29.2 Å². The third-order valence-corrected chi connectivity index (χ3v) is 4.01. The summed E-state index contributed by atoms with van der Waals surface area (Å²) in [5.41, 5.74) is 3.17. The molecular weight excluding hydrogens is 304 g/mol. The lowest BCUT2D eigenvalue weighted by Crippen LogP contribution is -2.10. The number of esters is 1. The van der Waals surface area contributed by atoms with Crippen molar-refractivity contribution in [2.24, 2.45) is 0 Å². The molecule has 5 heteroatoms. The number of aromatic nitrogens is 2. The summed E-state index contributed by atoms with van der Waals surface area (Å²) in [6.45, 7) is 6.89. The van der Waals surface area contributed by atoms with E-state index in [1.54, 1.807) is 13.1 Å². The summed E-state index contributed by atoms with van der Waals surface area (Å²) in [4.78, 5) is 20.0. The zero-order valence-electron chi connectivity index (χ0n) is 14.3. The molecule has 0 saturated heterocycles. The molecule has 0 aliphatic heterocycles. The van der Waals surface area contributed by atoms with Crippen LogP contribution in [0, 0.1) is 0 Å². The van der Waals surface area contributed by atoms with Gasteiger partial charge >= 0.3 is 5.97 Å². The highest BCUT2D eigenvalue weighted by atomic mass is 16.5. The molecule has 2 heterocycles. The predicted molar refractivity (Wildman–Crippen MR) is 94.7 cm³/mol. The molecule has 0 unspecified atom stereocenters. The lowest BCUT2D eigenvalue weighted by atomic mass is 10.0. The Morgan fingerprint density at radius 3 is 2.71 bits per heavy atom. The number of aromatic amines is 1. The van der Waals surface area contributed by atoms with Crippen molar-refractivity contribution < 1.29 is 14.3 Å². The van der Waals surface area contributed by atoms with E-state index in [1.807, 2.05) is 25.1 Å². The van der Waals surface area contributed by atoms with E-state index in [1.165, 1.54) is 0 Å². The summed E-state index contributed by atoms with van der Waals surface area (Å²) in [5, 5.41) is 2.00. The zero-order valence-corrected chi connectivity index (χ0v) is 14.3. The fourth-order valence-corrected chi connectivity index (χ4v) is 3.02. The topological polar surface area (TPSA) is 64.2 Å². The van der Waals surface area contributed by atoms with Crippen LogP contribution in [-0.2, 0) is 11.2 Å². The first-order valence-corrected chi connectivity index (χ1v) is 8.43. The number of ether oxygens (including phenoxy) is 2. The van der Waals surface area contributed by atoms with Gasteiger partial charge in [-0.3, -0.25) is 0 Å². The maximum Gasteiger partial charge on any atom is 0.357 e. The van der Waals surface area contributed by atoms with Gasteiger partial charge in [0, 0.05) is 10.8 Å². The molecule has 24 heavy (non-hydrogen) atoms. The minimum Gasteiger partial charge on any atom is -0.493 e. The number of aryl methyl sites for hydroxylation is 1. The van der Waals surface area contributed by atoms with Gasteiger partial charge in [0.25, 0.3) is 0 Å². The van der Waals surface area contributed by atoms with Crippen LogP contribution in [0.5, 0.6) is 5.75 Å². The number of hydrogen-bond acceptors (Lipinski definition) is 4. The summed E-state index contributed by atoms with van der Waals surface area (Å²) < 4.78 is 11.1. The van der Waals surface area contributed by atoms with Crippen LogP contribution >= 0.6 is 0 Å². The van der Waals surface area contributed by atoms with Gasteiger partial charge in [0.1, 0.15) is 5.75 Å². The van der Waals surface area contributed by atoms with Crippen molar-refractivity contribution in [1.29, 1.82) is 0 Å². The summed E-state index contributed by atoms with van der Waals surface area (Å²) in [5.74, 6) is 0.453. The second-order valence-electron chi connectivity index (χ2n) is 5.60.